The smallest absolute Gasteiger partial charge is 0.251 e. The number of piperidine rings is 1. The molecule has 1 fully saturated rings. The summed E-state index contributed by atoms with van der Waals surface area (Å²) in [6.45, 7) is 7.68. The van der Waals surface area contributed by atoms with Crippen molar-refractivity contribution >= 4 is 40.9 Å². The van der Waals surface area contributed by atoms with Gasteiger partial charge in [-0.1, -0.05) is 36.5 Å². The highest BCUT2D eigenvalue weighted by Crippen LogP contribution is 2.27. The molecule has 1 heterocycles. The molecule has 0 aliphatic carbocycles. The number of aryl methyl sites for hydroxylation is 1. The first kappa shape index (κ1) is 22.5. The topological polar surface area (TPSA) is 32.3 Å². The van der Waals surface area contributed by atoms with Gasteiger partial charge in [0.1, 0.15) is 0 Å². The molecule has 2 aromatic rings. The van der Waals surface area contributed by atoms with E-state index in [1.54, 1.807) is 17.8 Å². The molecular formula is C23H28Cl2N2OS. The van der Waals surface area contributed by atoms with Crippen molar-refractivity contribution in [3.8, 4) is 0 Å². The highest BCUT2D eigenvalue weighted by Gasteiger charge is 2.16. The van der Waals surface area contributed by atoms with E-state index in [1.807, 2.05) is 31.2 Å². The predicted octanol–water partition coefficient (Wildman–Crippen LogP) is 6.33. The Morgan fingerprint density at radius 3 is 2.59 bits per heavy atom. The highest BCUT2D eigenvalue weighted by atomic mass is 35.5. The van der Waals surface area contributed by atoms with Crippen molar-refractivity contribution in [3.63, 3.8) is 0 Å². The maximum absolute atomic E-state index is 12.8. The largest absolute Gasteiger partial charge is 0.348 e. The van der Waals surface area contributed by atoms with Crippen LogP contribution in [-0.4, -0.2) is 29.6 Å². The van der Waals surface area contributed by atoms with Gasteiger partial charge in [0, 0.05) is 33.6 Å². The number of likely N-dealkylation sites (tertiary alicyclic amines) is 1. The fraction of sp³-hybridized carbons (Fsp3) is 0.435. The quantitative estimate of drug-likeness (QED) is 0.500. The maximum atomic E-state index is 12.8. The molecular weight excluding hydrogens is 423 g/mol. The molecule has 3 nitrogen and oxygen atoms in total. The van der Waals surface area contributed by atoms with E-state index in [1.165, 1.54) is 19.3 Å². The second-order valence-electron chi connectivity index (χ2n) is 7.46. The first-order valence-electron chi connectivity index (χ1n) is 10.2. The van der Waals surface area contributed by atoms with Crippen molar-refractivity contribution in [2.24, 2.45) is 0 Å². The summed E-state index contributed by atoms with van der Waals surface area (Å²) in [5, 5.41) is 4.37. The normalized spacial score (nSPS) is 14.8. The molecule has 156 valence electrons. The van der Waals surface area contributed by atoms with Crippen LogP contribution in [0.2, 0.25) is 10.0 Å². The number of nitrogens with one attached hydrogen (secondary N) is 1. The number of nitrogens with zero attached hydrogens (tertiary/aromatic N) is 1. The van der Waals surface area contributed by atoms with E-state index in [4.69, 9.17) is 23.2 Å². The lowest BCUT2D eigenvalue weighted by atomic mass is 10.0. The molecule has 1 saturated heterocycles. The number of amides is 1. The Morgan fingerprint density at radius 2 is 1.90 bits per heavy atom. The van der Waals surface area contributed by atoms with Gasteiger partial charge in [-0.15, -0.1) is 11.8 Å². The van der Waals surface area contributed by atoms with E-state index in [-0.39, 0.29) is 5.91 Å². The van der Waals surface area contributed by atoms with Crippen LogP contribution in [0.1, 0.15) is 53.2 Å². The number of carbonyl (C=O) groups excluding carboxylic acids is 1. The van der Waals surface area contributed by atoms with Crippen molar-refractivity contribution in [2.45, 2.75) is 51.1 Å². The van der Waals surface area contributed by atoms with E-state index in [2.05, 4.69) is 17.1 Å². The molecule has 3 rings (SSSR count). The Kier molecular flexibility index (Phi) is 8.31. The lowest BCUT2D eigenvalue weighted by Crippen LogP contribution is -2.29. The zero-order chi connectivity index (χ0) is 20.8. The Labute approximate surface area is 188 Å². The van der Waals surface area contributed by atoms with Gasteiger partial charge in [-0.3, -0.25) is 9.69 Å². The fourth-order valence-electron chi connectivity index (χ4n) is 3.71. The number of thioether (sulfide) groups is 1. The number of carbonyl (C=O) groups is 1. The summed E-state index contributed by atoms with van der Waals surface area (Å²) < 4.78 is 0. The minimum Gasteiger partial charge on any atom is -0.348 e. The van der Waals surface area contributed by atoms with Crippen LogP contribution in [0.5, 0.6) is 0 Å². The molecule has 0 saturated carbocycles. The second-order valence-corrected chi connectivity index (χ2v) is 9.61. The van der Waals surface area contributed by atoms with Crippen molar-refractivity contribution in [1.29, 1.82) is 0 Å². The van der Waals surface area contributed by atoms with E-state index >= 15 is 0 Å². The molecule has 6 heteroatoms. The third-order valence-electron chi connectivity index (χ3n) is 5.27. The van der Waals surface area contributed by atoms with Gasteiger partial charge in [-0.2, -0.15) is 0 Å². The fourth-order valence-corrected chi connectivity index (χ4v) is 5.02. The molecule has 0 aromatic heterocycles. The first-order chi connectivity index (χ1) is 14.0. The average molecular weight is 451 g/mol. The van der Waals surface area contributed by atoms with Gasteiger partial charge in [0.25, 0.3) is 5.91 Å². The predicted molar refractivity (Wildman–Crippen MR) is 124 cm³/mol. The molecule has 1 aliphatic heterocycles. The van der Waals surface area contributed by atoms with Crippen LogP contribution in [0.15, 0.2) is 35.2 Å². The summed E-state index contributed by atoms with van der Waals surface area (Å²) in [7, 11) is 0. The lowest BCUT2D eigenvalue weighted by Gasteiger charge is -2.27. The van der Waals surface area contributed by atoms with Crippen molar-refractivity contribution in [2.75, 3.05) is 18.8 Å². The standard InChI is InChI=1S/C23H28Cl2N2OS/c1-3-29-22-8-7-19(24)12-18(22)14-26-23(28)17-11-16(2)20(21(25)13-17)15-27-9-5-4-6-10-27/h7-8,11-13H,3-6,9-10,14-15H2,1-2H3,(H,26,28). The number of hydrogen-bond acceptors (Lipinski definition) is 3. The Balaban J connectivity index is 1.69. The molecule has 0 unspecified atom stereocenters. The van der Waals surface area contributed by atoms with Gasteiger partial charge < -0.3 is 5.32 Å². The monoisotopic (exact) mass is 450 g/mol. The van der Waals surface area contributed by atoms with E-state index in [9.17, 15) is 4.79 Å². The number of benzene rings is 2. The molecule has 0 spiro atoms. The molecule has 2 aromatic carbocycles. The molecule has 29 heavy (non-hydrogen) atoms. The minimum absolute atomic E-state index is 0.119. The van der Waals surface area contributed by atoms with Crippen LogP contribution < -0.4 is 5.32 Å². The van der Waals surface area contributed by atoms with E-state index in [0.717, 1.165) is 47.0 Å². The lowest BCUT2D eigenvalue weighted by molar-refractivity contribution is 0.0950. The third kappa shape index (κ3) is 6.14. The average Bonchev–Trinajstić information content (AvgIpc) is 2.71. The summed E-state index contributed by atoms with van der Waals surface area (Å²) in [4.78, 5) is 16.3. The van der Waals surface area contributed by atoms with E-state index in [0.29, 0.717) is 22.2 Å². The Bertz CT molecular complexity index is 843. The molecule has 1 aliphatic rings. The van der Waals surface area contributed by atoms with Crippen LogP contribution >= 0.6 is 35.0 Å². The number of halogens is 2. The zero-order valence-electron chi connectivity index (χ0n) is 17.1. The zero-order valence-corrected chi connectivity index (χ0v) is 19.4. The molecule has 1 N–H and O–H groups in total. The third-order valence-corrected chi connectivity index (χ3v) is 6.84. The summed E-state index contributed by atoms with van der Waals surface area (Å²) in [5.41, 5.74) is 3.82. The Morgan fingerprint density at radius 1 is 1.14 bits per heavy atom. The van der Waals surface area contributed by atoms with Gasteiger partial charge in [0.15, 0.2) is 0 Å². The van der Waals surface area contributed by atoms with Gasteiger partial charge in [-0.05, 0) is 85.6 Å². The molecule has 0 radical (unpaired) electrons. The number of rotatable bonds is 7. The van der Waals surface area contributed by atoms with E-state index < -0.39 is 0 Å². The van der Waals surface area contributed by atoms with Gasteiger partial charge in [-0.25, -0.2) is 0 Å². The summed E-state index contributed by atoms with van der Waals surface area (Å²) in [5.74, 6) is 0.850. The Hall–Kier alpha value is -1.20. The SMILES string of the molecule is CCSc1ccc(Cl)cc1CNC(=O)c1cc(C)c(CN2CCCCC2)c(Cl)c1. The van der Waals surface area contributed by atoms with Gasteiger partial charge in [0.2, 0.25) is 0 Å². The van der Waals surface area contributed by atoms with Crippen molar-refractivity contribution in [3.05, 3.63) is 62.6 Å². The van der Waals surface area contributed by atoms with Crippen LogP contribution in [0, 0.1) is 6.92 Å². The second kappa shape index (κ2) is 10.7. The van der Waals surface area contributed by atoms with Crippen molar-refractivity contribution < 1.29 is 4.79 Å². The summed E-state index contributed by atoms with van der Waals surface area (Å²) in [6.07, 6.45) is 3.81. The van der Waals surface area contributed by atoms with Crippen molar-refractivity contribution in [1.82, 2.24) is 10.2 Å². The maximum Gasteiger partial charge on any atom is 0.251 e. The van der Waals surface area contributed by atoms with Gasteiger partial charge >= 0.3 is 0 Å². The highest BCUT2D eigenvalue weighted by molar-refractivity contribution is 7.99. The van der Waals surface area contributed by atoms with Crippen LogP contribution in [0.3, 0.4) is 0 Å². The minimum atomic E-state index is -0.119. The molecule has 0 atom stereocenters. The first-order valence-corrected chi connectivity index (χ1v) is 11.9. The summed E-state index contributed by atoms with van der Waals surface area (Å²) >= 11 is 14.5. The molecule has 1 amide bonds. The van der Waals surface area contributed by atoms with Crippen LogP contribution in [0.4, 0.5) is 0 Å². The molecule has 0 bridgehead atoms. The van der Waals surface area contributed by atoms with Crippen LogP contribution in [-0.2, 0) is 13.1 Å². The van der Waals surface area contributed by atoms with Crippen LogP contribution in [0.25, 0.3) is 0 Å². The number of hydrogen-bond donors (Lipinski definition) is 1. The van der Waals surface area contributed by atoms with Gasteiger partial charge in [0.05, 0.1) is 0 Å². The summed E-state index contributed by atoms with van der Waals surface area (Å²) in [6, 6.07) is 9.55.